The quantitative estimate of drug-likeness (QED) is 0.673. The lowest BCUT2D eigenvalue weighted by molar-refractivity contribution is 0.603. The van der Waals surface area contributed by atoms with Crippen molar-refractivity contribution in [2.45, 2.75) is 10.8 Å². The number of thiophene rings is 1. The van der Waals surface area contributed by atoms with E-state index in [-0.39, 0.29) is 4.21 Å². The van der Waals surface area contributed by atoms with Crippen LogP contribution >= 0.6 is 22.9 Å². The van der Waals surface area contributed by atoms with Crippen molar-refractivity contribution in [3.05, 3.63) is 70.7 Å². The molecule has 0 atom stereocenters. The van der Waals surface area contributed by atoms with Gasteiger partial charge < -0.3 is 5.32 Å². The summed E-state index contributed by atoms with van der Waals surface area (Å²) in [6.07, 6.45) is 1.47. The van der Waals surface area contributed by atoms with E-state index in [0.29, 0.717) is 23.1 Å². The van der Waals surface area contributed by atoms with E-state index in [1.54, 1.807) is 29.6 Å². The Balaban J connectivity index is 1.65. The summed E-state index contributed by atoms with van der Waals surface area (Å²) in [4.78, 5) is 4.21. The number of benzene rings is 1. The number of anilines is 2. The van der Waals surface area contributed by atoms with Gasteiger partial charge in [0.1, 0.15) is 10.0 Å². The van der Waals surface area contributed by atoms with Crippen LogP contribution < -0.4 is 10.0 Å². The number of nitrogens with zero attached hydrogens (tertiary/aromatic N) is 1. The molecule has 124 valence electrons. The average molecular weight is 380 g/mol. The maximum atomic E-state index is 12.1. The highest BCUT2D eigenvalue weighted by molar-refractivity contribution is 7.94. The maximum Gasteiger partial charge on any atom is 0.271 e. The fraction of sp³-hybridized carbons (Fsp3) is 0.0625. The minimum absolute atomic E-state index is 0.267. The van der Waals surface area contributed by atoms with Gasteiger partial charge in [0.15, 0.2) is 0 Å². The van der Waals surface area contributed by atoms with Crippen LogP contribution in [0.15, 0.2) is 64.3 Å². The van der Waals surface area contributed by atoms with E-state index < -0.39 is 10.0 Å². The molecule has 0 spiro atoms. The molecular formula is C16H14ClN3O2S2. The van der Waals surface area contributed by atoms with Crippen LogP contribution in [-0.4, -0.2) is 13.4 Å². The third kappa shape index (κ3) is 4.05. The van der Waals surface area contributed by atoms with Crippen molar-refractivity contribution in [3.8, 4) is 0 Å². The van der Waals surface area contributed by atoms with Gasteiger partial charge in [0.25, 0.3) is 10.0 Å². The molecule has 0 amide bonds. The topological polar surface area (TPSA) is 71.1 Å². The van der Waals surface area contributed by atoms with E-state index in [2.05, 4.69) is 15.0 Å². The van der Waals surface area contributed by atoms with Crippen LogP contribution in [0.3, 0.4) is 0 Å². The van der Waals surface area contributed by atoms with E-state index in [9.17, 15) is 8.42 Å². The fourth-order valence-electron chi connectivity index (χ4n) is 2.01. The first-order valence-corrected chi connectivity index (χ1v) is 9.78. The standard InChI is InChI=1S/C16H14ClN3O2S2/c17-14-5-2-1-4-12(14)10-18-15-8-7-13(11-19-15)20-24(21,22)16-6-3-9-23-16/h1-9,11,20H,10H2,(H,18,19). The van der Waals surface area contributed by atoms with Gasteiger partial charge in [0.2, 0.25) is 0 Å². The zero-order valence-corrected chi connectivity index (χ0v) is 14.8. The molecule has 0 saturated carbocycles. The second-order valence-corrected chi connectivity index (χ2v) is 8.18. The smallest absolute Gasteiger partial charge is 0.271 e. The van der Waals surface area contributed by atoms with Gasteiger partial charge in [0.05, 0.1) is 11.9 Å². The van der Waals surface area contributed by atoms with Crippen LogP contribution in [0.25, 0.3) is 0 Å². The predicted molar refractivity (Wildman–Crippen MR) is 98.1 cm³/mol. The van der Waals surface area contributed by atoms with Gasteiger partial charge in [-0.3, -0.25) is 4.72 Å². The summed E-state index contributed by atoms with van der Waals surface area (Å²) >= 11 is 7.26. The summed E-state index contributed by atoms with van der Waals surface area (Å²) in [6, 6.07) is 14.2. The maximum absolute atomic E-state index is 12.1. The summed E-state index contributed by atoms with van der Waals surface area (Å²) < 4.78 is 27.0. The van der Waals surface area contributed by atoms with Gasteiger partial charge in [-0.15, -0.1) is 11.3 Å². The van der Waals surface area contributed by atoms with Gasteiger partial charge in [-0.05, 0) is 35.2 Å². The molecule has 24 heavy (non-hydrogen) atoms. The summed E-state index contributed by atoms with van der Waals surface area (Å²) in [7, 11) is -3.55. The molecule has 0 radical (unpaired) electrons. The van der Waals surface area contributed by atoms with Crippen LogP contribution in [0.5, 0.6) is 0 Å². The normalized spacial score (nSPS) is 11.2. The van der Waals surface area contributed by atoms with Gasteiger partial charge in [-0.2, -0.15) is 0 Å². The molecule has 0 saturated heterocycles. The summed E-state index contributed by atoms with van der Waals surface area (Å²) in [5.41, 5.74) is 1.37. The third-order valence-electron chi connectivity index (χ3n) is 3.19. The first-order chi connectivity index (χ1) is 11.5. The van der Waals surface area contributed by atoms with Crippen molar-refractivity contribution in [2.75, 3.05) is 10.0 Å². The van der Waals surface area contributed by atoms with Crippen molar-refractivity contribution in [1.82, 2.24) is 4.98 Å². The van der Waals surface area contributed by atoms with E-state index >= 15 is 0 Å². The molecule has 8 heteroatoms. The Morgan fingerprint density at radius 1 is 1.08 bits per heavy atom. The van der Waals surface area contributed by atoms with Gasteiger partial charge in [-0.25, -0.2) is 13.4 Å². The molecule has 2 heterocycles. The first-order valence-electron chi connectivity index (χ1n) is 7.04. The summed E-state index contributed by atoms with van der Waals surface area (Å²) in [5.74, 6) is 0.633. The number of sulfonamides is 1. The van der Waals surface area contributed by atoms with Crippen molar-refractivity contribution in [3.63, 3.8) is 0 Å². The van der Waals surface area contributed by atoms with Crippen molar-refractivity contribution >= 4 is 44.5 Å². The number of pyridine rings is 1. The van der Waals surface area contributed by atoms with Crippen molar-refractivity contribution < 1.29 is 8.42 Å². The number of hydrogen-bond donors (Lipinski definition) is 2. The Hall–Kier alpha value is -2.09. The van der Waals surface area contributed by atoms with Crippen molar-refractivity contribution in [2.24, 2.45) is 0 Å². The fourth-order valence-corrected chi connectivity index (χ4v) is 4.25. The molecule has 2 aromatic heterocycles. The molecular weight excluding hydrogens is 366 g/mol. The minimum atomic E-state index is -3.55. The molecule has 5 nitrogen and oxygen atoms in total. The van der Waals surface area contributed by atoms with Crippen LogP contribution in [0.2, 0.25) is 5.02 Å². The van der Waals surface area contributed by atoms with Gasteiger partial charge in [0, 0.05) is 11.6 Å². The average Bonchev–Trinajstić information content (AvgIpc) is 3.11. The van der Waals surface area contributed by atoms with Crippen LogP contribution in [0.1, 0.15) is 5.56 Å². The van der Waals surface area contributed by atoms with Crippen molar-refractivity contribution in [1.29, 1.82) is 0 Å². The van der Waals surface area contributed by atoms with E-state index in [1.807, 2.05) is 24.3 Å². The molecule has 2 N–H and O–H groups in total. The molecule has 0 bridgehead atoms. The number of aromatic nitrogens is 1. The zero-order valence-electron chi connectivity index (χ0n) is 12.4. The molecule has 0 aliphatic heterocycles. The molecule has 0 aliphatic carbocycles. The van der Waals surface area contributed by atoms with Crippen LogP contribution in [0, 0.1) is 0 Å². The Bertz CT molecular complexity index is 911. The van der Waals surface area contributed by atoms with Gasteiger partial charge in [-0.1, -0.05) is 35.9 Å². The second kappa shape index (κ2) is 7.21. The highest BCUT2D eigenvalue weighted by atomic mass is 35.5. The molecule has 0 fully saturated rings. The minimum Gasteiger partial charge on any atom is -0.366 e. The Morgan fingerprint density at radius 2 is 1.92 bits per heavy atom. The van der Waals surface area contributed by atoms with Gasteiger partial charge >= 0.3 is 0 Å². The monoisotopic (exact) mass is 379 g/mol. The van der Waals surface area contributed by atoms with E-state index in [1.165, 1.54) is 6.20 Å². The number of rotatable bonds is 6. The zero-order chi connectivity index (χ0) is 17.0. The second-order valence-electron chi connectivity index (χ2n) is 4.91. The lowest BCUT2D eigenvalue weighted by atomic mass is 10.2. The largest absolute Gasteiger partial charge is 0.366 e. The summed E-state index contributed by atoms with van der Waals surface area (Å²) in [6.45, 7) is 0.535. The molecule has 3 rings (SSSR count). The summed E-state index contributed by atoms with van der Waals surface area (Å²) in [5, 5.41) is 5.55. The molecule has 1 aromatic carbocycles. The SMILES string of the molecule is O=S(=O)(Nc1ccc(NCc2ccccc2Cl)nc1)c1cccs1. The molecule has 0 aliphatic rings. The van der Waals surface area contributed by atoms with E-state index in [0.717, 1.165) is 16.9 Å². The highest BCUT2D eigenvalue weighted by Crippen LogP contribution is 2.21. The Kier molecular flexibility index (Phi) is 5.03. The number of nitrogens with one attached hydrogen (secondary N) is 2. The number of hydrogen-bond acceptors (Lipinski definition) is 5. The van der Waals surface area contributed by atoms with E-state index in [4.69, 9.17) is 11.6 Å². The number of halogens is 1. The third-order valence-corrected chi connectivity index (χ3v) is 6.34. The Morgan fingerprint density at radius 3 is 2.58 bits per heavy atom. The lowest BCUT2D eigenvalue weighted by Crippen LogP contribution is -2.11. The molecule has 0 unspecified atom stereocenters. The lowest BCUT2D eigenvalue weighted by Gasteiger charge is -2.09. The van der Waals surface area contributed by atoms with Crippen LogP contribution in [-0.2, 0) is 16.6 Å². The van der Waals surface area contributed by atoms with Crippen LogP contribution in [0.4, 0.5) is 11.5 Å². The Labute approximate surface area is 149 Å². The first kappa shape index (κ1) is 16.8. The highest BCUT2D eigenvalue weighted by Gasteiger charge is 2.15. The predicted octanol–water partition coefficient (Wildman–Crippen LogP) is 4.21. The molecule has 3 aromatic rings.